The third-order valence-electron chi connectivity index (χ3n) is 1.84. The van der Waals surface area contributed by atoms with Gasteiger partial charge < -0.3 is 4.42 Å². The minimum Gasteiger partial charge on any atom is -0.463 e. The Balaban J connectivity index is 1.94. The highest BCUT2D eigenvalue weighted by Crippen LogP contribution is 1.96. The van der Waals surface area contributed by atoms with Gasteiger partial charge >= 0.3 is 0 Å². The van der Waals surface area contributed by atoms with Crippen LogP contribution in [0, 0.1) is 0 Å². The Morgan fingerprint density at radius 2 is 2.19 bits per heavy atom. The van der Waals surface area contributed by atoms with Crippen molar-refractivity contribution in [2.24, 2.45) is 5.10 Å². The lowest BCUT2D eigenvalue weighted by Gasteiger charge is -1.97. The van der Waals surface area contributed by atoms with E-state index in [9.17, 15) is 4.79 Å². The molecule has 2 aromatic heterocycles. The van der Waals surface area contributed by atoms with E-state index in [0.29, 0.717) is 11.3 Å². The van der Waals surface area contributed by atoms with Gasteiger partial charge in [0.05, 0.1) is 12.5 Å². The van der Waals surface area contributed by atoms with Crippen molar-refractivity contribution in [2.75, 3.05) is 0 Å². The molecule has 5 nitrogen and oxygen atoms in total. The van der Waals surface area contributed by atoms with Crippen LogP contribution in [-0.2, 0) is 0 Å². The predicted molar refractivity (Wildman–Crippen MR) is 58.0 cm³/mol. The fraction of sp³-hybridized carbons (Fsp3) is 0. The first-order valence-electron chi connectivity index (χ1n) is 4.63. The van der Waals surface area contributed by atoms with Gasteiger partial charge in [0.2, 0.25) is 0 Å². The molecule has 80 valence electrons. The second-order valence-electron chi connectivity index (χ2n) is 2.95. The molecule has 0 saturated carbocycles. The van der Waals surface area contributed by atoms with Crippen molar-refractivity contribution in [3.05, 3.63) is 54.2 Å². The van der Waals surface area contributed by atoms with Gasteiger partial charge in [0.1, 0.15) is 5.76 Å². The van der Waals surface area contributed by atoms with Gasteiger partial charge in [-0.3, -0.25) is 9.78 Å². The molecular formula is C11H9N3O2. The van der Waals surface area contributed by atoms with Crippen molar-refractivity contribution in [1.29, 1.82) is 0 Å². The molecule has 0 aromatic carbocycles. The topological polar surface area (TPSA) is 67.5 Å². The summed E-state index contributed by atoms with van der Waals surface area (Å²) in [4.78, 5) is 15.3. The van der Waals surface area contributed by atoms with Crippen LogP contribution >= 0.6 is 0 Å². The van der Waals surface area contributed by atoms with E-state index in [4.69, 9.17) is 4.42 Å². The van der Waals surface area contributed by atoms with Crippen LogP contribution in [0.15, 0.2) is 52.4 Å². The number of furan rings is 1. The molecular weight excluding hydrogens is 206 g/mol. The molecule has 0 spiro atoms. The van der Waals surface area contributed by atoms with Crippen LogP contribution in [-0.4, -0.2) is 17.1 Å². The monoisotopic (exact) mass is 215 g/mol. The molecule has 0 aliphatic carbocycles. The summed E-state index contributed by atoms with van der Waals surface area (Å²) in [5.74, 6) is 0.292. The van der Waals surface area contributed by atoms with Crippen LogP contribution in [0.25, 0.3) is 0 Å². The Bertz CT molecular complexity index is 477. The zero-order valence-corrected chi connectivity index (χ0v) is 8.33. The molecule has 1 N–H and O–H groups in total. The fourth-order valence-corrected chi connectivity index (χ4v) is 1.09. The lowest BCUT2D eigenvalue weighted by Crippen LogP contribution is -2.17. The molecule has 1 amide bonds. The molecule has 0 atom stereocenters. The van der Waals surface area contributed by atoms with Crippen molar-refractivity contribution in [1.82, 2.24) is 10.4 Å². The molecule has 0 fully saturated rings. The number of amides is 1. The van der Waals surface area contributed by atoms with Crippen LogP contribution in [0.3, 0.4) is 0 Å². The van der Waals surface area contributed by atoms with Gasteiger partial charge in [0.25, 0.3) is 5.91 Å². The predicted octanol–water partition coefficient (Wildman–Crippen LogP) is 1.44. The van der Waals surface area contributed by atoms with Crippen LogP contribution in [0.2, 0.25) is 0 Å². The standard InChI is InChI=1S/C11H9N3O2/c15-11(9-3-5-12-6-4-9)14-13-8-10-2-1-7-16-10/h1-8H,(H,14,15)/b13-8+. The summed E-state index contributed by atoms with van der Waals surface area (Å²) >= 11 is 0. The van der Waals surface area contributed by atoms with Gasteiger partial charge in [-0.25, -0.2) is 5.43 Å². The van der Waals surface area contributed by atoms with Crippen molar-refractivity contribution in [2.45, 2.75) is 0 Å². The second-order valence-corrected chi connectivity index (χ2v) is 2.95. The summed E-state index contributed by atoms with van der Waals surface area (Å²) < 4.78 is 5.01. The largest absolute Gasteiger partial charge is 0.463 e. The molecule has 0 unspecified atom stereocenters. The molecule has 5 heteroatoms. The van der Waals surface area contributed by atoms with E-state index in [1.807, 2.05) is 0 Å². The van der Waals surface area contributed by atoms with Crippen molar-refractivity contribution < 1.29 is 9.21 Å². The Kier molecular flexibility index (Phi) is 3.08. The number of carbonyl (C=O) groups excluding carboxylic acids is 1. The maximum Gasteiger partial charge on any atom is 0.271 e. The van der Waals surface area contributed by atoms with Gasteiger partial charge in [-0.15, -0.1) is 0 Å². The number of hydrogen-bond acceptors (Lipinski definition) is 4. The van der Waals surface area contributed by atoms with Gasteiger partial charge in [0, 0.05) is 18.0 Å². The molecule has 0 saturated heterocycles. The lowest BCUT2D eigenvalue weighted by atomic mass is 10.3. The Labute approximate surface area is 91.8 Å². The van der Waals surface area contributed by atoms with Crippen LogP contribution < -0.4 is 5.43 Å². The van der Waals surface area contributed by atoms with Crippen LogP contribution in [0.4, 0.5) is 0 Å². The third-order valence-corrected chi connectivity index (χ3v) is 1.84. The second kappa shape index (κ2) is 4.88. The lowest BCUT2D eigenvalue weighted by molar-refractivity contribution is 0.0955. The van der Waals surface area contributed by atoms with Gasteiger partial charge in [-0.1, -0.05) is 0 Å². The van der Waals surface area contributed by atoms with Crippen LogP contribution in [0.5, 0.6) is 0 Å². The number of hydrogen-bond donors (Lipinski definition) is 1. The van der Waals surface area contributed by atoms with E-state index in [0.717, 1.165) is 0 Å². The molecule has 0 bridgehead atoms. The quantitative estimate of drug-likeness (QED) is 0.622. The number of pyridine rings is 1. The zero-order valence-electron chi connectivity index (χ0n) is 8.33. The Hall–Kier alpha value is -2.43. The first-order valence-corrected chi connectivity index (χ1v) is 4.63. The maximum atomic E-state index is 11.5. The molecule has 0 aliphatic heterocycles. The van der Waals surface area contributed by atoms with Gasteiger partial charge in [-0.05, 0) is 24.3 Å². The molecule has 16 heavy (non-hydrogen) atoms. The summed E-state index contributed by atoms with van der Waals surface area (Å²) in [7, 11) is 0. The molecule has 0 aliphatic rings. The SMILES string of the molecule is O=C(N/N=C/c1ccco1)c1ccncc1. The number of aromatic nitrogens is 1. The Morgan fingerprint density at radius 1 is 1.38 bits per heavy atom. The minimum atomic E-state index is -0.287. The van der Waals surface area contributed by atoms with E-state index in [1.165, 1.54) is 12.5 Å². The summed E-state index contributed by atoms with van der Waals surface area (Å²) in [5.41, 5.74) is 2.89. The molecule has 2 heterocycles. The van der Waals surface area contributed by atoms with E-state index in [2.05, 4.69) is 15.5 Å². The highest BCUT2D eigenvalue weighted by molar-refractivity contribution is 5.94. The molecule has 2 rings (SSSR count). The van der Waals surface area contributed by atoms with Crippen molar-refractivity contribution >= 4 is 12.1 Å². The van der Waals surface area contributed by atoms with Gasteiger partial charge in [-0.2, -0.15) is 5.10 Å². The highest BCUT2D eigenvalue weighted by atomic mass is 16.3. The first kappa shape index (κ1) is 10.1. The third kappa shape index (κ3) is 2.54. The van der Waals surface area contributed by atoms with E-state index in [1.54, 1.807) is 36.7 Å². The van der Waals surface area contributed by atoms with E-state index >= 15 is 0 Å². The van der Waals surface area contributed by atoms with Crippen molar-refractivity contribution in [3.63, 3.8) is 0 Å². The minimum absolute atomic E-state index is 0.287. The number of nitrogens with zero attached hydrogens (tertiary/aromatic N) is 2. The fourth-order valence-electron chi connectivity index (χ4n) is 1.09. The summed E-state index contributed by atoms with van der Waals surface area (Å²) in [6, 6.07) is 6.70. The highest BCUT2D eigenvalue weighted by Gasteiger charge is 2.01. The number of rotatable bonds is 3. The van der Waals surface area contributed by atoms with E-state index < -0.39 is 0 Å². The summed E-state index contributed by atoms with van der Waals surface area (Å²) in [6.45, 7) is 0. The molecule has 2 aromatic rings. The molecule has 0 radical (unpaired) electrons. The smallest absolute Gasteiger partial charge is 0.271 e. The number of hydrazone groups is 1. The normalized spacial score (nSPS) is 10.5. The van der Waals surface area contributed by atoms with Crippen molar-refractivity contribution in [3.8, 4) is 0 Å². The first-order chi connectivity index (χ1) is 7.86. The van der Waals surface area contributed by atoms with E-state index in [-0.39, 0.29) is 5.91 Å². The average molecular weight is 215 g/mol. The van der Waals surface area contributed by atoms with Gasteiger partial charge in [0.15, 0.2) is 0 Å². The summed E-state index contributed by atoms with van der Waals surface area (Å²) in [6.07, 6.45) is 6.06. The summed E-state index contributed by atoms with van der Waals surface area (Å²) in [5, 5.41) is 3.75. The number of carbonyl (C=O) groups is 1. The zero-order chi connectivity index (χ0) is 11.2. The number of nitrogens with one attached hydrogen (secondary N) is 1. The maximum absolute atomic E-state index is 11.5. The van der Waals surface area contributed by atoms with Crippen LogP contribution in [0.1, 0.15) is 16.1 Å². The Morgan fingerprint density at radius 3 is 2.88 bits per heavy atom. The average Bonchev–Trinajstić information content (AvgIpc) is 2.83.